The monoisotopic (exact) mass is 682 g/mol. The van der Waals surface area contributed by atoms with Crippen molar-refractivity contribution in [1.29, 1.82) is 0 Å². The Morgan fingerprint density at radius 1 is 0.705 bits per heavy atom. The quantitative estimate of drug-likeness (QED) is 0.0330. The summed E-state index contributed by atoms with van der Waals surface area (Å²) in [5.74, 6) is 0.966. The van der Waals surface area contributed by atoms with Crippen LogP contribution in [0.3, 0.4) is 0 Å². The molecule has 0 aromatic carbocycles. The van der Waals surface area contributed by atoms with E-state index < -0.39 is 20.5 Å². The van der Waals surface area contributed by atoms with Crippen LogP contribution in [-0.2, 0) is 28.2 Å². The molecule has 0 aromatic rings. The summed E-state index contributed by atoms with van der Waals surface area (Å²) in [6, 6.07) is 0. The third-order valence-corrected chi connectivity index (χ3v) is 9.02. The van der Waals surface area contributed by atoms with E-state index in [0.29, 0.717) is 25.3 Å². The Kier molecular flexibility index (Phi) is 44.0. The molecule has 0 heterocycles. The molecule has 1 atom stereocenters. The van der Waals surface area contributed by atoms with E-state index in [4.69, 9.17) is 4.74 Å². The van der Waals surface area contributed by atoms with Gasteiger partial charge in [0, 0.05) is 12.2 Å². The minimum Gasteiger partial charge on any atom is -0.790 e. The van der Waals surface area contributed by atoms with Crippen molar-refractivity contribution >= 4 is 32.0 Å². The third-order valence-electron chi connectivity index (χ3n) is 7.37. The van der Waals surface area contributed by atoms with Gasteiger partial charge in [0.05, 0.1) is 21.0 Å². The van der Waals surface area contributed by atoms with Crippen LogP contribution in [0.25, 0.3) is 0 Å². The summed E-state index contributed by atoms with van der Waals surface area (Å²) in [4.78, 5) is 44.2. The first-order chi connectivity index (χ1) is 20.4. The Balaban J connectivity index is -0.00000840. The molecule has 0 saturated heterocycles. The molecule has 0 N–H and O–H groups in total. The van der Waals surface area contributed by atoms with E-state index >= 15 is 0 Å². The van der Waals surface area contributed by atoms with Crippen LogP contribution in [0, 0.1) is 0 Å². The molecule has 0 rings (SSSR count). The van der Waals surface area contributed by atoms with E-state index in [2.05, 4.69) is 16.2 Å². The zero-order valence-electron chi connectivity index (χ0n) is 28.6. The summed E-state index contributed by atoms with van der Waals surface area (Å²) < 4.78 is 25.5. The molecule has 44 heavy (non-hydrogen) atoms. The maximum atomic E-state index is 12.3. The van der Waals surface area contributed by atoms with Gasteiger partial charge in [-0.2, -0.15) is 11.8 Å². The van der Waals surface area contributed by atoms with Gasteiger partial charge < -0.3 is 28.3 Å². The number of thioether (sulfide) groups is 1. The van der Waals surface area contributed by atoms with Crippen molar-refractivity contribution in [2.45, 2.75) is 167 Å². The summed E-state index contributed by atoms with van der Waals surface area (Å²) in [5.41, 5.74) is 0. The van der Waals surface area contributed by atoms with Crippen LogP contribution < -0.4 is 68.9 Å². The first-order valence-corrected chi connectivity index (χ1v) is 19.5. The van der Waals surface area contributed by atoms with Gasteiger partial charge in [-0.05, 0) is 25.0 Å². The molecule has 0 spiro atoms. The van der Waals surface area contributed by atoms with Gasteiger partial charge in [0.15, 0.2) is 0 Å². The van der Waals surface area contributed by atoms with Crippen molar-refractivity contribution in [3.63, 3.8) is 0 Å². The topological polar surface area (TPSA) is 125 Å². The largest absolute Gasteiger partial charge is 1.00 e. The van der Waals surface area contributed by atoms with Crippen molar-refractivity contribution in [1.82, 2.24) is 0 Å². The van der Waals surface area contributed by atoms with Gasteiger partial charge in [0.2, 0.25) is 0 Å². The minimum absolute atomic E-state index is 0. The number of ether oxygens (including phenoxy) is 2. The summed E-state index contributed by atoms with van der Waals surface area (Å²) in [6.07, 6.45) is 27.1. The fourth-order valence-electron chi connectivity index (χ4n) is 4.89. The van der Waals surface area contributed by atoms with Gasteiger partial charge in [0.25, 0.3) is 6.47 Å². The molecule has 0 saturated carbocycles. The van der Waals surface area contributed by atoms with E-state index in [1.165, 1.54) is 103 Å². The Labute approximate surface area is 318 Å². The van der Waals surface area contributed by atoms with Crippen molar-refractivity contribution in [2.24, 2.45) is 0 Å². The molecule has 0 radical (unpaired) electrons. The summed E-state index contributed by atoms with van der Waals surface area (Å²) in [6.45, 7) is 2.87. The second-order valence-electron chi connectivity index (χ2n) is 11.4. The average molecular weight is 683 g/mol. The Bertz CT molecular complexity index is 658. The number of rotatable bonds is 34. The number of unbranched alkanes of at least 4 members (excludes halogenated alkanes) is 21. The fourth-order valence-corrected chi connectivity index (χ4v) is 6.24. The molecule has 0 bridgehead atoms. The zero-order valence-corrected chi connectivity index (χ0v) is 34.3. The normalized spacial score (nSPS) is 11.8. The van der Waals surface area contributed by atoms with Crippen LogP contribution in [0.1, 0.15) is 161 Å². The summed E-state index contributed by atoms with van der Waals surface area (Å²) in [5, 5.41) is 0. The number of phosphoric ester groups is 1. The van der Waals surface area contributed by atoms with E-state index in [1.54, 1.807) is 11.8 Å². The molecule has 0 aliphatic carbocycles. The van der Waals surface area contributed by atoms with E-state index in [-0.39, 0.29) is 65.1 Å². The summed E-state index contributed by atoms with van der Waals surface area (Å²) in [7, 11) is -5.11. The second kappa shape index (κ2) is 38.8. The molecule has 0 fully saturated rings. The summed E-state index contributed by atoms with van der Waals surface area (Å²) >= 11 is 1.61. The van der Waals surface area contributed by atoms with Crippen LogP contribution in [0.2, 0.25) is 0 Å². The second-order valence-corrected chi connectivity index (χ2v) is 13.7. The first-order valence-electron chi connectivity index (χ1n) is 16.9. The predicted molar refractivity (Wildman–Crippen MR) is 169 cm³/mol. The van der Waals surface area contributed by atoms with Crippen LogP contribution in [0.5, 0.6) is 0 Å². The predicted octanol–water partition coefficient (Wildman–Crippen LogP) is 2.04. The van der Waals surface area contributed by atoms with Gasteiger partial charge in [-0.15, -0.1) is 0 Å². The number of hydrogen-bond donors (Lipinski definition) is 0. The molecular weight excluding hydrogens is 621 g/mol. The maximum Gasteiger partial charge on any atom is 1.00 e. The molecule has 0 aliphatic rings. The number of phosphoric acid groups is 1. The Hall–Kier alpha value is 1.40. The zero-order chi connectivity index (χ0) is 31.0. The van der Waals surface area contributed by atoms with Gasteiger partial charge in [-0.1, -0.05) is 135 Å². The third kappa shape index (κ3) is 41.4. The molecule has 0 unspecified atom stereocenters. The van der Waals surface area contributed by atoms with Gasteiger partial charge in [-0.3, -0.25) is 9.59 Å². The SMILES string of the molecule is CCCCCCCCCCCCCCC(=O)O[C@H](COP(=O)([O-])[O-])CSCCCCCCCCCCCCCOC=O.[Na+].[Na+]. The first kappa shape index (κ1) is 49.8. The molecule has 12 heteroatoms. The van der Waals surface area contributed by atoms with Gasteiger partial charge in [0.1, 0.15) is 6.10 Å². The van der Waals surface area contributed by atoms with Gasteiger partial charge in [-0.25, -0.2) is 0 Å². The molecule has 0 amide bonds. The molecule has 0 aliphatic heterocycles. The number of carbonyl (C=O) groups is 2. The van der Waals surface area contributed by atoms with Crippen LogP contribution >= 0.6 is 19.6 Å². The molecular formula is C32H61Na2O8PS. The van der Waals surface area contributed by atoms with Crippen LogP contribution in [-0.4, -0.2) is 43.3 Å². The average Bonchev–Trinajstić information content (AvgIpc) is 2.95. The van der Waals surface area contributed by atoms with Crippen molar-refractivity contribution in [3.05, 3.63) is 0 Å². The van der Waals surface area contributed by atoms with E-state index in [1.807, 2.05) is 0 Å². The van der Waals surface area contributed by atoms with Gasteiger partial charge >= 0.3 is 65.1 Å². The minimum atomic E-state index is -5.11. The van der Waals surface area contributed by atoms with E-state index in [9.17, 15) is 23.9 Å². The smallest absolute Gasteiger partial charge is 0.790 e. The van der Waals surface area contributed by atoms with E-state index in [0.717, 1.165) is 50.7 Å². The molecule has 0 aromatic heterocycles. The van der Waals surface area contributed by atoms with Crippen LogP contribution in [0.15, 0.2) is 0 Å². The number of carbonyl (C=O) groups excluding carboxylic acids is 2. The Morgan fingerprint density at radius 3 is 1.59 bits per heavy atom. The number of esters is 1. The van der Waals surface area contributed by atoms with Crippen molar-refractivity contribution in [3.8, 4) is 0 Å². The molecule has 8 nitrogen and oxygen atoms in total. The standard InChI is InChI=1S/C32H63O8PS.2Na/c1-2-3-4-5-6-7-8-10-13-16-19-22-25-32(34)40-31(28-39-41(35,36)37)29-42-27-24-21-18-15-12-9-11-14-17-20-23-26-38-30-33;;/h30-31H,2-29H2,1H3,(H2,35,36,37);;/q;2*+1/p-2/t31-;;/m1../s1. The Morgan fingerprint density at radius 2 is 1.14 bits per heavy atom. The van der Waals surface area contributed by atoms with Crippen LogP contribution in [0.4, 0.5) is 0 Å². The molecule has 250 valence electrons. The number of hydrogen-bond acceptors (Lipinski definition) is 9. The van der Waals surface area contributed by atoms with Crippen molar-refractivity contribution in [2.75, 3.05) is 24.7 Å². The van der Waals surface area contributed by atoms with Crippen molar-refractivity contribution < 1.29 is 97.1 Å². The maximum absolute atomic E-state index is 12.3. The fraction of sp³-hybridized carbons (Fsp3) is 0.938.